The summed E-state index contributed by atoms with van der Waals surface area (Å²) in [7, 11) is 0. The molecule has 0 N–H and O–H groups in total. The van der Waals surface area contributed by atoms with Gasteiger partial charge in [-0.3, -0.25) is 4.79 Å². The standard InChI is InChI=1S/C12H12Cl2O2/c1-7-9(4-5-16-7)12(15)8-2-3-10(13)11(14)6-8/h2-3,6-7,9H,4-5H2,1H3. The Kier molecular flexibility index (Phi) is 3.53. The predicted molar refractivity (Wildman–Crippen MR) is 64.3 cm³/mol. The van der Waals surface area contributed by atoms with Gasteiger partial charge in [0.15, 0.2) is 5.78 Å². The first kappa shape index (κ1) is 11.9. The van der Waals surface area contributed by atoms with Crippen LogP contribution in [0.3, 0.4) is 0 Å². The fraction of sp³-hybridized carbons (Fsp3) is 0.417. The van der Waals surface area contributed by atoms with Crippen LogP contribution in [0.2, 0.25) is 10.0 Å². The Bertz CT molecular complexity index is 417. The van der Waals surface area contributed by atoms with Crippen molar-refractivity contribution in [1.82, 2.24) is 0 Å². The van der Waals surface area contributed by atoms with Gasteiger partial charge in [0.2, 0.25) is 0 Å². The van der Waals surface area contributed by atoms with Gasteiger partial charge in [0.25, 0.3) is 0 Å². The summed E-state index contributed by atoms with van der Waals surface area (Å²) in [5, 5.41) is 0.882. The largest absolute Gasteiger partial charge is 0.378 e. The van der Waals surface area contributed by atoms with Crippen LogP contribution in [0.5, 0.6) is 0 Å². The summed E-state index contributed by atoms with van der Waals surface area (Å²) in [5.74, 6) is 0.0285. The molecule has 2 atom stereocenters. The molecular weight excluding hydrogens is 247 g/mol. The average Bonchev–Trinajstić information content (AvgIpc) is 2.67. The second kappa shape index (κ2) is 4.74. The molecular formula is C12H12Cl2O2. The third-order valence-electron chi connectivity index (χ3n) is 2.92. The highest BCUT2D eigenvalue weighted by molar-refractivity contribution is 6.42. The highest BCUT2D eigenvalue weighted by Crippen LogP contribution is 2.28. The first-order chi connectivity index (χ1) is 7.59. The summed E-state index contributed by atoms with van der Waals surface area (Å²) in [6.07, 6.45) is 0.766. The summed E-state index contributed by atoms with van der Waals surface area (Å²) in [6.45, 7) is 2.58. The van der Waals surface area contributed by atoms with Crippen molar-refractivity contribution in [2.24, 2.45) is 5.92 Å². The van der Waals surface area contributed by atoms with Crippen molar-refractivity contribution in [2.45, 2.75) is 19.4 Å². The fourth-order valence-electron chi connectivity index (χ4n) is 1.94. The molecule has 2 unspecified atom stereocenters. The topological polar surface area (TPSA) is 26.3 Å². The van der Waals surface area contributed by atoms with Crippen LogP contribution in [0.4, 0.5) is 0 Å². The Morgan fingerprint density at radius 1 is 1.38 bits per heavy atom. The SMILES string of the molecule is CC1OCCC1C(=O)c1ccc(Cl)c(Cl)c1. The average molecular weight is 259 g/mol. The number of Topliss-reactive ketones (excluding diaryl/α,β-unsaturated/α-hetero) is 1. The van der Waals surface area contributed by atoms with Crippen molar-refractivity contribution >= 4 is 29.0 Å². The zero-order chi connectivity index (χ0) is 11.7. The van der Waals surface area contributed by atoms with E-state index < -0.39 is 0 Å². The molecule has 2 rings (SSSR count). The van der Waals surface area contributed by atoms with Gasteiger partial charge in [-0.2, -0.15) is 0 Å². The Hall–Kier alpha value is -0.570. The molecule has 2 nitrogen and oxygen atoms in total. The third-order valence-corrected chi connectivity index (χ3v) is 3.66. The number of carbonyl (C=O) groups excluding carboxylic acids is 1. The summed E-state index contributed by atoms with van der Waals surface area (Å²) in [5.41, 5.74) is 0.608. The van der Waals surface area contributed by atoms with Gasteiger partial charge < -0.3 is 4.74 Å². The number of rotatable bonds is 2. The van der Waals surface area contributed by atoms with Crippen LogP contribution in [-0.2, 0) is 4.74 Å². The molecule has 1 heterocycles. The molecule has 0 radical (unpaired) electrons. The normalized spacial score (nSPS) is 24.7. The maximum Gasteiger partial charge on any atom is 0.168 e. The van der Waals surface area contributed by atoms with Gasteiger partial charge in [-0.15, -0.1) is 0 Å². The van der Waals surface area contributed by atoms with Crippen LogP contribution >= 0.6 is 23.2 Å². The van der Waals surface area contributed by atoms with Crippen molar-refractivity contribution in [2.75, 3.05) is 6.61 Å². The molecule has 1 aliphatic rings. The van der Waals surface area contributed by atoms with Crippen molar-refractivity contribution in [3.8, 4) is 0 Å². The molecule has 0 aliphatic carbocycles. The monoisotopic (exact) mass is 258 g/mol. The molecule has 1 aromatic rings. The molecule has 1 saturated heterocycles. The van der Waals surface area contributed by atoms with Gasteiger partial charge in [-0.1, -0.05) is 23.2 Å². The minimum absolute atomic E-state index is 0.0121. The van der Waals surface area contributed by atoms with E-state index in [1.165, 1.54) is 0 Å². The number of hydrogen-bond acceptors (Lipinski definition) is 2. The minimum Gasteiger partial charge on any atom is -0.378 e. The molecule has 0 saturated carbocycles. The number of halogens is 2. The lowest BCUT2D eigenvalue weighted by Gasteiger charge is -2.12. The van der Waals surface area contributed by atoms with Crippen LogP contribution < -0.4 is 0 Å². The Morgan fingerprint density at radius 3 is 2.69 bits per heavy atom. The van der Waals surface area contributed by atoms with E-state index in [4.69, 9.17) is 27.9 Å². The number of ketones is 1. The smallest absolute Gasteiger partial charge is 0.168 e. The van der Waals surface area contributed by atoms with Crippen molar-refractivity contribution in [1.29, 1.82) is 0 Å². The van der Waals surface area contributed by atoms with Crippen LogP contribution in [0.25, 0.3) is 0 Å². The van der Waals surface area contributed by atoms with Crippen molar-refractivity contribution in [3.05, 3.63) is 33.8 Å². The lowest BCUT2D eigenvalue weighted by molar-refractivity contribution is 0.0764. The maximum atomic E-state index is 12.1. The Balaban J connectivity index is 2.23. The number of carbonyl (C=O) groups is 1. The minimum atomic E-state index is -0.0581. The first-order valence-electron chi connectivity index (χ1n) is 5.20. The maximum absolute atomic E-state index is 12.1. The summed E-state index contributed by atoms with van der Waals surface area (Å²) in [6, 6.07) is 4.98. The molecule has 0 amide bonds. The number of benzene rings is 1. The molecule has 0 aromatic heterocycles. The van der Waals surface area contributed by atoms with E-state index >= 15 is 0 Å². The summed E-state index contributed by atoms with van der Waals surface area (Å²) >= 11 is 11.7. The van der Waals surface area contributed by atoms with E-state index in [9.17, 15) is 4.79 Å². The number of hydrogen-bond donors (Lipinski definition) is 0. The van der Waals surface area contributed by atoms with E-state index in [0.717, 1.165) is 6.42 Å². The highest BCUT2D eigenvalue weighted by atomic mass is 35.5. The van der Waals surface area contributed by atoms with Gasteiger partial charge in [0.1, 0.15) is 0 Å². The third kappa shape index (κ3) is 2.24. The van der Waals surface area contributed by atoms with E-state index in [0.29, 0.717) is 22.2 Å². The zero-order valence-electron chi connectivity index (χ0n) is 8.87. The van der Waals surface area contributed by atoms with Crippen LogP contribution in [-0.4, -0.2) is 18.5 Å². The Labute approximate surface area is 104 Å². The molecule has 1 fully saturated rings. The van der Waals surface area contributed by atoms with E-state index in [-0.39, 0.29) is 17.8 Å². The molecule has 1 aromatic carbocycles. The lowest BCUT2D eigenvalue weighted by Crippen LogP contribution is -2.21. The van der Waals surface area contributed by atoms with E-state index in [1.54, 1.807) is 18.2 Å². The molecule has 86 valence electrons. The highest BCUT2D eigenvalue weighted by Gasteiger charge is 2.31. The van der Waals surface area contributed by atoms with Crippen LogP contribution in [0, 0.1) is 5.92 Å². The van der Waals surface area contributed by atoms with E-state index in [1.807, 2.05) is 6.92 Å². The van der Waals surface area contributed by atoms with Crippen LogP contribution in [0.1, 0.15) is 23.7 Å². The zero-order valence-corrected chi connectivity index (χ0v) is 10.4. The number of ether oxygens (including phenoxy) is 1. The second-order valence-electron chi connectivity index (χ2n) is 3.96. The molecule has 0 spiro atoms. The van der Waals surface area contributed by atoms with Crippen LogP contribution in [0.15, 0.2) is 18.2 Å². The quantitative estimate of drug-likeness (QED) is 0.758. The molecule has 4 heteroatoms. The van der Waals surface area contributed by atoms with E-state index in [2.05, 4.69) is 0 Å². The molecule has 16 heavy (non-hydrogen) atoms. The van der Waals surface area contributed by atoms with Gasteiger partial charge in [-0.25, -0.2) is 0 Å². The Morgan fingerprint density at radius 2 is 2.12 bits per heavy atom. The summed E-state index contributed by atoms with van der Waals surface area (Å²) < 4.78 is 5.38. The van der Waals surface area contributed by atoms with Gasteiger partial charge in [-0.05, 0) is 31.5 Å². The fourth-order valence-corrected chi connectivity index (χ4v) is 2.24. The van der Waals surface area contributed by atoms with Gasteiger partial charge in [0, 0.05) is 12.2 Å². The second-order valence-corrected chi connectivity index (χ2v) is 4.78. The lowest BCUT2D eigenvalue weighted by atomic mass is 9.92. The molecule has 1 aliphatic heterocycles. The van der Waals surface area contributed by atoms with Gasteiger partial charge in [0.05, 0.1) is 22.1 Å². The van der Waals surface area contributed by atoms with Gasteiger partial charge >= 0.3 is 0 Å². The van der Waals surface area contributed by atoms with Crippen molar-refractivity contribution in [3.63, 3.8) is 0 Å². The first-order valence-corrected chi connectivity index (χ1v) is 5.96. The summed E-state index contributed by atoms with van der Waals surface area (Å²) in [4.78, 5) is 12.1. The van der Waals surface area contributed by atoms with Crippen molar-refractivity contribution < 1.29 is 9.53 Å². The molecule has 0 bridgehead atoms. The predicted octanol–water partition coefficient (Wildman–Crippen LogP) is 3.60.